The van der Waals surface area contributed by atoms with Gasteiger partial charge in [0.2, 0.25) is 0 Å². The van der Waals surface area contributed by atoms with Crippen molar-refractivity contribution in [1.29, 1.82) is 5.26 Å². The van der Waals surface area contributed by atoms with E-state index in [9.17, 15) is 9.59 Å². The van der Waals surface area contributed by atoms with Crippen LogP contribution >= 0.6 is 22.9 Å². The van der Waals surface area contributed by atoms with Crippen molar-refractivity contribution in [3.63, 3.8) is 0 Å². The van der Waals surface area contributed by atoms with Gasteiger partial charge in [-0.25, -0.2) is 9.78 Å². The van der Waals surface area contributed by atoms with Gasteiger partial charge in [-0.05, 0) is 43.2 Å². The number of carbonyl (C=O) groups excluding carboxylic acids is 1. The third-order valence-electron chi connectivity index (χ3n) is 3.82. The first-order chi connectivity index (χ1) is 12.9. The molecule has 0 aliphatic carbocycles. The monoisotopic (exact) mass is 399 g/mol. The van der Waals surface area contributed by atoms with Crippen LogP contribution in [-0.4, -0.2) is 22.5 Å². The topological polar surface area (TPSA) is 95.8 Å². The number of carbonyl (C=O) groups is 1. The fourth-order valence-corrected chi connectivity index (χ4v) is 3.81. The molecule has 0 fully saturated rings. The molecule has 0 amide bonds. The summed E-state index contributed by atoms with van der Waals surface area (Å²) >= 11 is 7.42. The van der Waals surface area contributed by atoms with Crippen LogP contribution in [0.5, 0.6) is 0 Å². The summed E-state index contributed by atoms with van der Waals surface area (Å²) in [6, 6.07) is 8.87. The molecule has 27 heavy (non-hydrogen) atoms. The average molecular weight is 400 g/mol. The Balaban J connectivity index is 2.05. The molecule has 0 saturated heterocycles. The van der Waals surface area contributed by atoms with Gasteiger partial charge in [-0.3, -0.25) is 4.79 Å². The lowest BCUT2D eigenvalue weighted by Crippen LogP contribution is -2.10. The number of benzene rings is 1. The predicted octanol–water partition coefficient (Wildman–Crippen LogP) is 4.08. The maximum atomic E-state index is 12.5. The lowest BCUT2D eigenvalue weighted by atomic mass is 10.1. The van der Waals surface area contributed by atoms with E-state index in [-0.39, 0.29) is 23.0 Å². The van der Waals surface area contributed by atoms with Gasteiger partial charge in [0.05, 0.1) is 28.7 Å². The number of aromatic nitrogens is 2. The van der Waals surface area contributed by atoms with Crippen molar-refractivity contribution in [2.45, 2.75) is 13.8 Å². The van der Waals surface area contributed by atoms with Crippen molar-refractivity contribution >= 4 is 50.2 Å². The Bertz CT molecular complexity index is 1150. The van der Waals surface area contributed by atoms with Gasteiger partial charge in [-0.15, -0.1) is 11.3 Å². The molecule has 2 aromatic heterocycles. The van der Waals surface area contributed by atoms with E-state index in [1.807, 2.05) is 6.07 Å². The number of fused-ring (bicyclic) bond motifs is 1. The first-order valence-corrected chi connectivity index (χ1v) is 9.22. The van der Waals surface area contributed by atoms with Gasteiger partial charge in [0.25, 0.3) is 5.56 Å². The highest BCUT2D eigenvalue weighted by Gasteiger charge is 2.20. The Kier molecular flexibility index (Phi) is 5.40. The van der Waals surface area contributed by atoms with Crippen molar-refractivity contribution in [1.82, 2.24) is 9.97 Å². The summed E-state index contributed by atoms with van der Waals surface area (Å²) in [6.45, 7) is 3.66. The number of halogens is 1. The van der Waals surface area contributed by atoms with Crippen LogP contribution in [0.2, 0.25) is 0 Å². The van der Waals surface area contributed by atoms with Crippen LogP contribution in [-0.2, 0) is 4.74 Å². The molecule has 6 nitrogen and oxygen atoms in total. The van der Waals surface area contributed by atoms with E-state index in [0.717, 1.165) is 16.9 Å². The fourth-order valence-electron chi connectivity index (χ4n) is 2.52. The number of hydrogen-bond donors (Lipinski definition) is 1. The summed E-state index contributed by atoms with van der Waals surface area (Å²) in [5.74, 6) is -0.270. The number of rotatable bonds is 4. The zero-order valence-electron chi connectivity index (χ0n) is 14.5. The number of aromatic amines is 1. The van der Waals surface area contributed by atoms with Crippen LogP contribution in [0.1, 0.15) is 39.1 Å². The molecule has 0 atom stereocenters. The van der Waals surface area contributed by atoms with Gasteiger partial charge in [0, 0.05) is 0 Å². The molecule has 0 spiro atoms. The minimum Gasteiger partial charge on any atom is -0.462 e. The molecular weight excluding hydrogens is 386 g/mol. The lowest BCUT2D eigenvalue weighted by Gasteiger charge is -2.00. The normalized spacial score (nSPS) is 11.4. The van der Waals surface area contributed by atoms with Crippen molar-refractivity contribution in [3.8, 4) is 6.07 Å². The number of nitrogens with one attached hydrogen (secondary N) is 1. The van der Waals surface area contributed by atoms with E-state index < -0.39 is 5.97 Å². The largest absolute Gasteiger partial charge is 0.462 e. The van der Waals surface area contributed by atoms with Crippen molar-refractivity contribution < 1.29 is 9.53 Å². The van der Waals surface area contributed by atoms with Crippen LogP contribution < -0.4 is 5.56 Å². The molecule has 0 radical (unpaired) electrons. The smallest absolute Gasteiger partial charge is 0.348 e. The Morgan fingerprint density at radius 3 is 2.74 bits per heavy atom. The molecule has 0 unspecified atom stereocenters. The first kappa shape index (κ1) is 18.8. The number of H-pyrrole nitrogens is 1. The minimum atomic E-state index is -0.474. The number of thiophene rings is 1. The number of ether oxygens (including phenoxy) is 1. The molecular formula is C19H14ClN3O3S. The summed E-state index contributed by atoms with van der Waals surface area (Å²) in [5.41, 5.74) is 1.47. The highest BCUT2D eigenvalue weighted by molar-refractivity contribution is 7.20. The quantitative estimate of drug-likeness (QED) is 0.667. The predicted molar refractivity (Wildman–Crippen MR) is 106 cm³/mol. The summed E-state index contributed by atoms with van der Waals surface area (Å²) in [5, 5.41) is 9.44. The zero-order valence-corrected chi connectivity index (χ0v) is 16.1. The maximum absolute atomic E-state index is 12.5. The van der Waals surface area contributed by atoms with E-state index >= 15 is 0 Å². The second-order valence-corrected chi connectivity index (χ2v) is 7.00. The minimum absolute atomic E-state index is 0.204. The number of esters is 1. The second kappa shape index (κ2) is 7.74. The molecule has 3 aromatic rings. The SMILES string of the molecule is CCOC(=O)c1sc2nc(/C(Cl)=C/c3ccc(C#N)cc3)[nH]c(=O)c2c1C. The molecule has 2 heterocycles. The third-order valence-corrected chi connectivity index (χ3v) is 5.27. The molecule has 0 saturated carbocycles. The van der Waals surface area contributed by atoms with Crippen molar-refractivity contribution in [3.05, 3.63) is 62.0 Å². The maximum Gasteiger partial charge on any atom is 0.348 e. The van der Waals surface area contributed by atoms with Crippen molar-refractivity contribution in [2.24, 2.45) is 0 Å². The van der Waals surface area contributed by atoms with E-state index in [4.69, 9.17) is 21.6 Å². The molecule has 0 aliphatic heterocycles. The summed E-state index contributed by atoms with van der Waals surface area (Å²) in [6.07, 6.45) is 1.64. The molecule has 0 aliphatic rings. The van der Waals surface area contributed by atoms with Gasteiger partial charge in [-0.1, -0.05) is 23.7 Å². The number of nitrogens with zero attached hydrogens (tertiary/aromatic N) is 2. The van der Waals surface area contributed by atoms with E-state index in [2.05, 4.69) is 9.97 Å². The standard InChI is InChI=1S/C19H14ClN3O3S/c1-3-26-19(25)15-10(2)14-17(24)22-16(23-18(14)27-15)13(20)8-11-4-6-12(9-21)7-5-11/h4-8H,3H2,1-2H3,(H,22,23,24)/b13-8-. The van der Waals surface area contributed by atoms with E-state index in [1.165, 1.54) is 0 Å². The third kappa shape index (κ3) is 3.77. The highest BCUT2D eigenvalue weighted by Crippen LogP contribution is 2.29. The van der Waals surface area contributed by atoms with Gasteiger partial charge in [0.1, 0.15) is 9.71 Å². The van der Waals surface area contributed by atoms with E-state index in [1.54, 1.807) is 44.2 Å². The molecule has 3 rings (SSSR count). The Hall–Kier alpha value is -2.95. The van der Waals surface area contributed by atoms with Crippen LogP contribution in [0, 0.1) is 18.3 Å². The average Bonchev–Trinajstić information content (AvgIpc) is 2.99. The van der Waals surface area contributed by atoms with Crippen LogP contribution in [0.25, 0.3) is 21.3 Å². The van der Waals surface area contributed by atoms with Crippen LogP contribution in [0.3, 0.4) is 0 Å². The Labute approximate surface area is 163 Å². The van der Waals surface area contributed by atoms with Gasteiger partial charge in [0.15, 0.2) is 5.82 Å². The highest BCUT2D eigenvalue weighted by atomic mass is 35.5. The fraction of sp³-hybridized carbons (Fsp3) is 0.158. The summed E-state index contributed by atoms with van der Waals surface area (Å²) in [7, 11) is 0. The summed E-state index contributed by atoms with van der Waals surface area (Å²) in [4.78, 5) is 32.4. The number of aryl methyl sites for hydroxylation is 1. The van der Waals surface area contributed by atoms with Gasteiger partial charge in [-0.2, -0.15) is 5.26 Å². The molecule has 136 valence electrons. The van der Waals surface area contributed by atoms with Crippen LogP contribution in [0.15, 0.2) is 29.1 Å². The molecule has 0 bridgehead atoms. The summed E-state index contributed by atoms with van der Waals surface area (Å²) < 4.78 is 5.02. The van der Waals surface area contributed by atoms with Crippen LogP contribution in [0.4, 0.5) is 0 Å². The lowest BCUT2D eigenvalue weighted by molar-refractivity contribution is 0.0531. The molecule has 8 heteroatoms. The molecule has 1 aromatic carbocycles. The van der Waals surface area contributed by atoms with Gasteiger partial charge >= 0.3 is 5.97 Å². The first-order valence-electron chi connectivity index (χ1n) is 8.02. The van der Waals surface area contributed by atoms with E-state index in [0.29, 0.717) is 26.2 Å². The Morgan fingerprint density at radius 1 is 1.41 bits per heavy atom. The molecule has 1 N–H and O–H groups in total. The number of hydrogen-bond acceptors (Lipinski definition) is 6. The zero-order chi connectivity index (χ0) is 19.6. The number of nitriles is 1. The second-order valence-electron chi connectivity index (χ2n) is 5.60. The Morgan fingerprint density at radius 2 is 2.11 bits per heavy atom. The van der Waals surface area contributed by atoms with Crippen molar-refractivity contribution in [2.75, 3.05) is 6.61 Å². The van der Waals surface area contributed by atoms with Gasteiger partial charge < -0.3 is 9.72 Å².